The Kier molecular flexibility index (Phi) is 2.17. The Hall–Kier alpha value is -0.740. The lowest BCUT2D eigenvalue weighted by Gasteiger charge is -1.96. The van der Waals surface area contributed by atoms with Crippen LogP contribution in [0.3, 0.4) is 0 Å². The number of rotatable bonds is 1. The van der Waals surface area contributed by atoms with Gasteiger partial charge < -0.3 is 0 Å². The average Bonchev–Trinajstić information content (AvgIpc) is 2.46. The Bertz CT molecular complexity index is 478. The smallest absolute Gasteiger partial charge is 0.150 e. The number of carbonyl (C=O) groups excluding carboxylic acids is 1. The molecule has 0 radical (unpaired) electrons. The van der Waals surface area contributed by atoms with E-state index in [2.05, 4.69) is 15.9 Å². The lowest BCUT2D eigenvalue weighted by molar-refractivity contribution is 0.112. The van der Waals surface area contributed by atoms with E-state index in [-0.39, 0.29) is 5.82 Å². The highest BCUT2D eigenvalue weighted by molar-refractivity contribution is 9.10. The quantitative estimate of drug-likeness (QED) is 0.715. The fourth-order valence-corrected chi connectivity index (χ4v) is 2.72. The Morgan fingerprint density at radius 3 is 2.92 bits per heavy atom. The number of hydrogen-bond donors (Lipinski definition) is 0. The van der Waals surface area contributed by atoms with Crippen LogP contribution in [0.4, 0.5) is 4.39 Å². The van der Waals surface area contributed by atoms with Gasteiger partial charge in [0.15, 0.2) is 6.29 Å². The van der Waals surface area contributed by atoms with Crippen molar-refractivity contribution in [1.29, 1.82) is 0 Å². The zero-order chi connectivity index (χ0) is 9.42. The van der Waals surface area contributed by atoms with E-state index < -0.39 is 0 Å². The second-order valence-electron chi connectivity index (χ2n) is 2.57. The van der Waals surface area contributed by atoms with Crippen molar-refractivity contribution in [3.63, 3.8) is 0 Å². The summed E-state index contributed by atoms with van der Waals surface area (Å²) in [5.41, 5.74) is 0.392. The molecule has 0 atom stereocenters. The summed E-state index contributed by atoms with van der Waals surface area (Å²) in [4.78, 5) is 10.6. The van der Waals surface area contributed by atoms with Crippen LogP contribution in [-0.4, -0.2) is 6.29 Å². The minimum atomic E-state index is -0.324. The van der Waals surface area contributed by atoms with Crippen molar-refractivity contribution in [2.75, 3.05) is 0 Å². The van der Waals surface area contributed by atoms with Gasteiger partial charge in [-0.2, -0.15) is 0 Å². The van der Waals surface area contributed by atoms with Crippen molar-refractivity contribution in [3.8, 4) is 0 Å². The standard InChI is InChI=1S/C9H4BrFOS/c10-6-1-5(3-12)9-7(11)4-13-8(9)2-6/h1-4H. The zero-order valence-electron chi connectivity index (χ0n) is 6.38. The first kappa shape index (κ1) is 8.84. The van der Waals surface area contributed by atoms with E-state index in [0.717, 1.165) is 9.17 Å². The van der Waals surface area contributed by atoms with Crippen LogP contribution < -0.4 is 0 Å². The summed E-state index contributed by atoms with van der Waals surface area (Å²) in [5, 5.41) is 1.83. The van der Waals surface area contributed by atoms with Crippen LogP contribution in [0.1, 0.15) is 10.4 Å². The largest absolute Gasteiger partial charge is 0.298 e. The first-order valence-electron chi connectivity index (χ1n) is 3.54. The van der Waals surface area contributed by atoms with Gasteiger partial charge in [0.25, 0.3) is 0 Å². The van der Waals surface area contributed by atoms with Crippen molar-refractivity contribution < 1.29 is 9.18 Å². The van der Waals surface area contributed by atoms with Crippen molar-refractivity contribution in [1.82, 2.24) is 0 Å². The van der Waals surface area contributed by atoms with Crippen LogP contribution in [0.15, 0.2) is 22.0 Å². The van der Waals surface area contributed by atoms with E-state index in [1.807, 2.05) is 0 Å². The van der Waals surface area contributed by atoms with Crippen LogP contribution in [0, 0.1) is 5.82 Å². The molecule has 2 aromatic rings. The van der Waals surface area contributed by atoms with Crippen LogP contribution in [0.5, 0.6) is 0 Å². The van der Waals surface area contributed by atoms with Gasteiger partial charge in [0.05, 0.1) is 0 Å². The lowest BCUT2D eigenvalue weighted by atomic mass is 10.1. The van der Waals surface area contributed by atoms with Gasteiger partial charge in [0.2, 0.25) is 0 Å². The van der Waals surface area contributed by atoms with Gasteiger partial charge in [0.1, 0.15) is 5.82 Å². The number of fused-ring (bicyclic) bond motifs is 1. The summed E-state index contributed by atoms with van der Waals surface area (Å²) >= 11 is 4.55. The molecular formula is C9H4BrFOS. The van der Waals surface area contributed by atoms with Crippen LogP contribution >= 0.6 is 27.3 Å². The molecular weight excluding hydrogens is 255 g/mol. The monoisotopic (exact) mass is 258 g/mol. The molecule has 1 heterocycles. The molecule has 0 fully saturated rings. The van der Waals surface area contributed by atoms with E-state index in [0.29, 0.717) is 17.2 Å². The van der Waals surface area contributed by atoms with Crippen molar-refractivity contribution >= 4 is 43.6 Å². The Balaban J connectivity index is 2.92. The molecule has 1 nitrogen and oxygen atoms in total. The van der Waals surface area contributed by atoms with Gasteiger partial charge in [-0.1, -0.05) is 15.9 Å². The summed E-state index contributed by atoms with van der Waals surface area (Å²) in [6, 6.07) is 3.42. The zero-order valence-corrected chi connectivity index (χ0v) is 8.78. The van der Waals surface area contributed by atoms with E-state index in [4.69, 9.17) is 0 Å². The topological polar surface area (TPSA) is 17.1 Å². The lowest BCUT2D eigenvalue weighted by Crippen LogP contribution is -1.82. The van der Waals surface area contributed by atoms with Gasteiger partial charge in [-0.3, -0.25) is 4.79 Å². The van der Waals surface area contributed by atoms with E-state index >= 15 is 0 Å². The van der Waals surface area contributed by atoms with Gasteiger partial charge in [-0.25, -0.2) is 4.39 Å². The molecule has 4 heteroatoms. The Morgan fingerprint density at radius 1 is 1.46 bits per heavy atom. The number of carbonyl (C=O) groups is 1. The molecule has 0 aliphatic carbocycles. The second-order valence-corrected chi connectivity index (χ2v) is 4.40. The van der Waals surface area contributed by atoms with Gasteiger partial charge in [0, 0.05) is 25.5 Å². The van der Waals surface area contributed by atoms with Crippen molar-refractivity contribution in [3.05, 3.63) is 33.4 Å². The average molecular weight is 259 g/mol. The first-order valence-corrected chi connectivity index (χ1v) is 5.21. The Labute approximate surface area is 86.3 Å². The molecule has 0 saturated heterocycles. The number of hydrogen-bond acceptors (Lipinski definition) is 2. The normalized spacial score (nSPS) is 10.6. The molecule has 66 valence electrons. The maximum Gasteiger partial charge on any atom is 0.150 e. The van der Waals surface area contributed by atoms with E-state index in [1.54, 1.807) is 12.1 Å². The SMILES string of the molecule is O=Cc1cc(Br)cc2scc(F)c12. The van der Waals surface area contributed by atoms with Crippen molar-refractivity contribution in [2.24, 2.45) is 0 Å². The highest BCUT2D eigenvalue weighted by atomic mass is 79.9. The third-order valence-electron chi connectivity index (χ3n) is 1.75. The molecule has 0 aliphatic heterocycles. The van der Waals surface area contributed by atoms with E-state index in [1.165, 1.54) is 16.7 Å². The molecule has 0 bridgehead atoms. The summed E-state index contributed by atoms with van der Waals surface area (Å²) < 4.78 is 14.7. The predicted molar refractivity (Wildman–Crippen MR) is 54.9 cm³/mol. The van der Waals surface area contributed by atoms with Gasteiger partial charge >= 0.3 is 0 Å². The molecule has 0 amide bonds. The Morgan fingerprint density at radius 2 is 2.23 bits per heavy atom. The first-order chi connectivity index (χ1) is 6.22. The molecule has 0 saturated carbocycles. The molecule has 1 aromatic heterocycles. The number of aldehydes is 1. The fourth-order valence-electron chi connectivity index (χ4n) is 1.22. The number of benzene rings is 1. The highest BCUT2D eigenvalue weighted by Crippen LogP contribution is 2.30. The molecule has 13 heavy (non-hydrogen) atoms. The highest BCUT2D eigenvalue weighted by Gasteiger charge is 2.09. The molecule has 2 rings (SSSR count). The maximum absolute atomic E-state index is 13.2. The summed E-state index contributed by atoms with van der Waals surface area (Å²) in [6.45, 7) is 0. The molecule has 1 aromatic carbocycles. The number of halogens is 2. The summed E-state index contributed by atoms with van der Waals surface area (Å²) in [6.07, 6.45) is 0.670. The second kappa shape index (κ2) is 3.20. The molecule has 0 spiro atoms. The minimum Gasteiger partial charge on any atom is -0.298 e. The van der Waals surface area contributed by atoms with Crippen LogP contribution in [-0.2, 0) is 0 Å². The third kappa shape index (κ3) is 1.40. The molecule has 0 unspecified atom stereocenters. The van der Waals surface area contributed by atoms with Crippen LogP contribution in [0.25, 0.3) is 10.1 Å². The maximum atomic E-state index is 13.2. The van der Waals surface area contributed by atoms with Gasteiger partial charge in [-0.05, 0) is 12.1 Å². The van der Waals surface area contributed by atoms with Crippen LogP contribution in [0.2, 0.25) is 0 Å². The molecule has 0 N–H and O–H groups in total. The minimum absolute atomic E-state index is 0.324. The third-order valence-corrected chi connectivity index (χ3v) is 3.11. The number of thiophene rings is 1. The molecule has 0 aliphatic rings. The predicted octanol–water partition coefficient (Wildman–Crippen LogP) is 3.62. The van der Waals surface area contributed by atoms with Crippen molar-refractivity contribution in [2.45, 2.75) is 0 Å². The van der Waals surface area contributed by atoms with Gasteiger partial charge in [-0.15, -0.1) is 11.3 Å². The fraction of sp³-hybridized carbons (Fsp3) is 0. The summed E-state index contributed by atoms with van der Waals surface area (Å²) in [5.74, 6) is -0.324. The van der Waals surface area contributed by atoms with E-state index in [9.17, 15) is 9.18 Å². The summed E-state index contributed by atoms with van der Waals surface area (Å²) in [7, 11) is 0.